The van der Waals surface area contributed by atoms with Crippen LogP contribution in [0.3, 0.4) is 0 Å². The van der Waals surface area contributed by atoms with Crippen molar-refractivity contribution in [1.82, 2.24) is 0 Å². The van der Waals surface area contributed by atoms with Gasteiger partial charge in [0, 0.05) is 0 Å². The molecule has 2 aromatic rings. The van der Waals surface area contributed by atoms with Crippen molar-refractivity contribution in [3.63, 3.8) is 0 Å². The summed E-state index contributed by atoms with van der Waals surface area (Å²) in [5.41, 5.74) is 3.43. The molecule has 0 unspecified atom stereocenters. The molecule has 0 fully saturated rings. The van der Waals surface area contributed by atoms with Crippen molar-refractivity contribution in [2.75, 3.05) is 0 Å². The van der Waals surface area contributed by atoms with E-state index in [4.69, 9.17) is 0 Å². The molecule has 0 saturated heterocycles. The van der Waals surface area contributed by atoms with Gasteiger partial charge in [0.2, 0.25) is 0 Å². The van der Waals surface area contributed by atoms with E-state index in [1.807, 2.05) is 31.2 Å². The molecule has 2 heteroatoms. The van der Waals surface area contributed by atoms with Gasteiger partial charge in [0.05, 0.1) is 0 Å². The summed E-state index contributed by atoms with van der Waals surface area (Å²) in [5, 5.41) is 18.4. The van der Waals surface area contributed by atoms with Gasteiger partial charge in [0.15, 0.2) is 0 Å². The van der Waals surface area contributed by atoms with Crippen LogP contribution in [0.15, 0.2) is 54.6 Å². The largest absolute Gasteiger partial charge is 0.508 e. The van der Waals surface area contributed by atoms with Crippen molar-refractivity contribution in [2.24, 2.45) is 0 Å². The molecule has 2 aromatic carbocycles. The van der Waals surface area contributed by atoms with Crippen LogP contribution in [-0.2, 0) is 6.42 Å². The number of hydrogen-bond donors (Lipinski definition) is 2. The van der Waals surface area contributed by atoms with Crippen LogP contribution in [0.4, 0.5) is 0 Å². The van der Waals surface area contributed by atoms with E-state index in [-0.39, 0.29) is 11.5 Å². The summed E-state index contributed by atoms with van der Waals surface area (Å²) in [6.45, 7) is 2.05. The van der Waals surface area contributed by atoms with E-state index >= 15 is 0 Å². The van der Waals surface area contributed by atoms with E-state index < -0.39 is 0 Å². The number of hydrogen-bond acceptors (Lipinski definition) is 2. The molecular weight excluding hydrogens is 224 g/mol. The number of phenolic OH excluding ortho intramolecular Hbond substituents is 2. The Balaban J connectivity index is 2.09. The van der Waals surface area contributed by atoms with Crippen LogP contribution in [0.2, 0.25) is 0 Å². The Bertz CT molecular complexity index is 536. The van der Waals surface area contributed by atoms with Crippen molar-refractivity contribution in [1.29, 1.82) is 0 Å². The number of phenols is 2. The van der Waals surface area contributed by atoms with Gasteiger partial charge in [-0.15, -0.1) is 0 Å². The van der Waals surface area contributed by atoms with Crippen molar-refractivity contribution in [2.45, 2.75) is 13.3 Å². The normalized spacial score (nSPS) is 11.5. The second kappa shape index (κ2) is 5.41. The highest BCUT2D eigenvalue weighted by Gasteiger charge is 1.96. The van der Waals surface area contributed by atoms with E-state index in [0.717, 1.165) is 17.5 Å². The Morgan fingerprint density at radius 1 is 0.889 bits per heavy atom. The topological polar surface area (TPSA) is 40.5 Å². The SMILES string of the molecule is CC(=CCc1ccc(O)cc1)c1ccc(O)cc1. The summed E-state index contributed by atoms with van der Waals surface area (Å²) < 4.78 is 0. The predicted octanol–water partition coefficient (Wildman–Crippen LogP) is 3.74. The van der Waals surface area contributed by atoms with Crippen LogP contribution in [-0.4, -0.2) is 10.2 Å². The van der Waals surface area contributed by atoms with Crippen LogP contribution in [0.5, 0.6) is 11.5 Å². The molecule has 0 saturated carbocycles. The quantitative estimate of drug-likeness (QED) is 0.857. The van der Waals surface area contributed by atoms with Crippen LogP contribution in [0, 0.1) is 0 Å². The first kappa shape index (κ1) is 12.2. The molecule has 0 aliphatic rings. The van der Waals surface area contributed by atoms with Gasteiger partial charge < -0.3 is 10.2 Å². The first-order valence-corrected chi connectivity index (χ1v) is 5.89. The first-order valence-electron chi connectivity index (χ1n) is 5.89. The number of aromatic hydroxyl groups is 2. The van der Waals surface area contributed by atoms with Gasteiger partial charge in [-0.1, -0.05) is 30.3 Å². The molecule has 0 aromatic heterocycles. The van der Waals surface area contributed by atoms with E-state index in [1.165, 1.54) is 5.57 Å². The predicted molar refractivity (Wildman–Crippen MR) is 73.6 cm³/mol. The lowest BCUT2D eigenvalue weighted by atomic mass is 10.0. The van der Waals surface area contributed by atoms with Crippen LogP contribution in [0.1, 0.15) is 18.1 Å². The smallest absolute Gasteiger partial charge is 0.115 e. The average molecular weight is 240 g/mol. The van der Waals surface area contributed by atoms with Crippen molar-refractivity contribution in [3.8, 4) is 11.5 Å². The molecule has 92 valence electrons. The van der Waals surface area contributed by atoms with E-state index in [0.29, 0.717) is 0 Å². The van der Waals surface area contributed by atoms with E-state index in [1.54, 1.807) is 24.3 Å². The van der Waals surface area contributed by atoms with Gasteiger partial charge in [0.25, 0.3) is 0 Å². The molecular formula is C16H16O2. The molecule has 0 heterocycles. The van der Waals surface area contributed by atoms with Gasteiger partial charge in [-0.05, 0) is 54.3 Å². The summed E-state index contributed by atoms with van der Waals surface area (Å²) in [7, 11) is 0. The zero-order valence-electron chi connectivity index (χ0n) is 10.3. The molecule has 2 N–H and O–H groups in total. The Hall–Kier alpha value is -2.22. The van der Waals surface area contributed by atoms with E-state index in [9.17, 15) is 10.2 Å². The minimum atomic E-state index is 0.282. The lowest BCUT2D eigenvalue weighted by Gasteiger charge is -2.03. The standard InChI is InChI=1S/C16H16O2/c1-12(14-6-10-16(18)11-7-14)2-3-13-4-8-15(17)9-5-13/h2,4-11,17-18H,3H2,1H3. The molecule has 18 heavy (non-hydrogen) atoms. The minimum Gasteiger partial charge on any atom is -0.508 e. The summed E-state index contributed by atoms with van der Waals surface area (Å²) >= 11 is 0. The average Bonchev–Trinajstić information content (AvgIpc) is 2.38. The molecule has 2 rings (SSSR count). The maximum Gasteiger partial charge on any atom is 0.115 e. The second-order valence-corrected chi connectivity index (χ2v) is 4.30. The van der Waals surface area contributed by atoms with Gasteiger partial charge in [-0.3, -0.25) is 0 Å². The van der Waals surface area contributed by atoms with E-state index in [2.05, 4.69) is 6.08 Å². The van der Waals surface area contributed by atoms with Gasteiger partial charge in [0.1, 0.15) is 11.5 Å². The summed E-state index contributed by atoms with van der Waals surface area (Å²) in [6, 6.07) is 14.4. The summed E-state index contributed by atoms with van der Waals surface area (Å²) in [6.07, 6.45) is 2.96. The van der Waals surface area contributed by atoms with Crippen LogP contribution >= 0.6 is 0 Å². The van der Waals surface area contributed by atoms with Crippen LogP contribution in [0.25, 0.3) is 5.57 Å². The summed E-state index contributed by atoms with van der Waals surface area (Å²) in [5.74, 6) is 0.572. The Morgan fingerprint density at radius 2 is 1.39 bits per heavy atom. The Labute approximate surface area is 107 Å². The van der Waals surface area contributed by atoms with Crippen molar-refractivity contribution in [3.05, 3.63) is 65.7 Å². The highest BCUT2D eigenvalue weighted by atomic mass is 16.3. The molecule has 2 nitrogen and oxygen atoms in total. The third-order valence-electron chi connectivity index (χ3n) is 2.90. The first-order chi connectivity index (χ1) is 8.65. The van der Waals surface area contributed by atoms with Gasteiger partial charge in [-0.2, -0.15) is 0 Å². The monoisotopic (exact) mass is 240 g/mol. The molecule has 0 aliphatic carbocycles. The summed E-state index contributed by atoms with van der Waals surface area (Å²) in [4.78, 5) is 0. The molecule has 0 atom stereocenters. The second-order valence-electron chi connectivity index (χ2n) is 4.30. The van der Waals surface area contributed by atoms with Crippen molar-refractivity contribution >= 4 is 5.57 Å². The lowest BCUT2D eigenvalue weighted by Crippen LogP contribution is -1.83. The zero-order chi connectivity index (χ0) is 13.0. The fourth-order valence-electron chi connectivity index (χ4n) is 1.75. The number of allylic oxidation sites excluding steroid dienone is 2. The fourth-order valence-corrected chi connectivity index (χ4v) is 1.75. The molecule has 0 amide bonds. The highest BCUT2D eigenvalue weighted by Crippen LogP contribution is 2.18. The molecule has 0 radical (unpaired) electrons. The third-order valence-corrected chi connectivity index (χ3v) is 2.90. The maximum atomic E-state index is 9.23. The Morgan fingerprint density at radius 3 is 1.94 bits per heavy atom. The number of rotatable bonds is 3. The van der Waals surface area contributed by atoms with Crippen molar-refractivity contribution < 1.29 is 10.2 Å². The molecule has 0 bridgehead atoms. The highest BCUT2D eigenvalue weighted by molar-refractivity contribution is 5.64. The fraction of sp³-hybridized carbons (Fsp3) is 0.125. The van der Waals surface area contributed by atoms with Gasteiger partial charge in [-0.25, -0.2) is 0 Å². The maximum absolute atomic E-state index is 9.23. The number of benzene rings is 2. The zero-order valence-corrected chi connectivity index (χ0v) is 10.3. The third kappa shape index (κ3) is 3.14. The lowest BCUT2D eigenvalue weighted by molar-refractivity contribution is 0.474. The molecule has 0 aliphatic heterocycles. The Kier molecular flexibility index (Phi) is 3.68. The minimum absolute atomic E-state index is 0.282. The van der Waals surface area contributed by atoms with Crippen LogP contribution < -0.4 is 0 Å². The molecule has 0 spiro atoms. The van der Waals surface area contributed by atoms with Gasteiger partial charge >= 0.3 is 0 Å².